The lowest BCUT2D eigenvalue weighted by Crippen LogP contribution is -2.05. The van der Waals surface area contributed by atoms with Crippen LogP contribution >= 0.6 is 0 Å². The van der Waals surface area contributed by atoms with E-state index in [1.54, 1.807) is 0 Å². The summed E-state index contributed by atoms with van der Waals surface area (Å²) in [6.45, 7) is 0.340. The van der Waals surface area contributed by atoms with Crippen LogP contribution in [0.15, 0.2) is 6.07 Å². The first-order chi connectivity index (χ1) is 12.0. The Kier molecular flexibility index (Phi) is 9.77. The first-order valence-electron chi connectivity index (χ1n) is 8.92. The number of unbranched alkanes of at least 4 members (excludes halogenated alkanes) is 6. The highest BCUT2D eigenvalue weighted by molar-refractivity contribution is 5.66. The maximum atomic E-state index is 10.4. The standard InChI is InChI=1S/C19H31NO5/c1-24-16-12-14(13-20)15(18(23)19(16)25-2)10-8-6-4-3-5-7-9-11-17(21)22/h12,23H,3-11,13,20H2,1-2H3,(H,21,22). The highest BCUT2D eigenvalue weighted by Crippen LogP contribution is 2.41. The molecule has 0 fully saturated rings. The van der Waals surface area contributed by atoms with Gasteiger partial charge >= 0.3 is 5.97 Å². The van der Waals surface area contributed by atoms with Gasteiger partial charge in [-0.25, -0.2) is 0 Å². The van der Waals surface area contributed by atoms with Gasteiger partial charge in [0.15, 0.2) is 11.5 Å². The summed E-state index contributed by atoms with van der Waals surface area (Å²) in [5, 5.41) is 19.0. The molecule has 0 aliphatic rings. The molecule has 0 amide bonds. The third-order valence-corrected chi connectivity index (χ3v) is 4.38. The van der Waals surface area contributed by atoms with E-state index in [1.165, 1.54) is 14.2 Å². The monoisotopic (exact) mass is 353 g/mol. The predicted octanol–water partition coefficient (Wildman–Crippen LogP) is 3.62. The van der Waals surface area contributed by atoms with Gasteiger partial charge in [-0.05, 0) is 30.9 Å². The van der Waals surface area contributed by atoms with Crippen LogP contribution in [0.4, 0.5) is 0 Å². The van der Waals surface area contributed by atoms with Crippen molar-refractivity contribution in [2.24, 2.45) is 5.73 Å². The van der Waals surface area contributed by atoms with Crippen molar-refractivity contribution in [3.63, 3.8) is 0 Å². The van der Waals surface area contributed by atoms with E-state index in [2.05, 4.69) is 0 Å². The topological polar surface area (TPSA) is 102 Å². The fourth-order valence-corrected chi connectivity index (χ4v) is 2.99. The van der Waals surface area contributed by atoms with E-state index in [4.69, 9.17) is 20.3 Å². The number of rotatable bonds is 13. The van der Waals surface area contributed by atoms with E-state index in [9.17, 15) is 9.90 Å². The van der Waals surface area contributed by atoms with Crippen LogP contribution in [0.1, 0.15) is 62.5 Å². The van der Waals surface area contributed by atoms with Gasteiger partial charge in [-0.2, -0.15) is 0 Å². The summed E-state index contributed by atoms with van der Waals surface area (Å²) in [4.78, 5) is 10.4. The van der Waals surface area contributed by atoms with Gasteiger partial charge in [0, 0.05) is 18.5 Å². The number of carbonyl (C=O) groups is 1. The molecule has 4 N–H and O–H groups in total. The molecule has 0 saturated heterocycles. The number of nitrogens with two attached hydrogens (primary N) is 1. The molecule has 0 aromatic heterocycles. The Balaban J connectivity index is 2.43. The second-order valence-electron chi connectivity index (χ2n) is 6.17. The van der Waals surface area contributed by atoms with Crippen LogP contribution in [-0.4, -0.2) is 30.4 Å². The Morgan fingerprint density at radius 3 is 2.16 bits per heavy atom. The van der Waals surface area contributed by atoms with E-state index < -0.39 is 5.97 Å². The fourth-order valence-electron chi connectivity index (χ4n) is 2.99. The number of phenolic OH excluding ortho intramolecular Hbond substituents is 1. The molecule has 1 aromatic carbocycles. The number of carboxylic acid groups (broad SMARTS) is 1. The molecule has 0 heterocycles. The molecule has 6 nitrogen and oxygen atoms in total. The quantitative estimate of drug-likeness (QED) is 0.468. The molecular formula is C19H31NO5. The van der Waals surface area contributed by atoms with Crippen molar-refractivity contribution < 1.29 is 24.5 Å². The zero-order chi connectivity index (χ0) is 18.7. The molecule has 142 valence electrons. The molecule has 0 saturated carbocycles. The molecule has 0 atom stereocenters. The summed E-state index contributed by atoms with van der Waals surface area (Å²) in [6.07, 6.45) is 8.07. The van der Waals surface area contributed by atoms with E-state index in [0.29, 0.717) is 18.0 Å². The third-order valence-electron chi connectivity index (χ3n) is 4.38. The van der Waals surface area contributed by atoms with Crippen LogP contribution in [0, 0.1) is 0 Å². The van der Waals surface area contributed by atoms with Gasteiger partial charge < -0.3 is 25.4 Å². The van der Waals surface area contributed by atoms with Gasteiger partial charge in [0.05, 0.1) is 14.2 Å². The Hall–Kier alpha value is -1.95. The van der Waals surface area contributed by atoms with E-state index in [0.717, 1.165) is 62.5 Å². The first kappa shape index (κ1) is 21.1. The number of aromatic hydroxyl groups is 1. The van der Waals surface area contributed by atoms with Crippen molar-refractivity contribution in [3.05, 3.63) is 17.2 Å². The van der Waals surface area contributed by atoms with Crippen molar-refractivity contribution in [3.8, 4) is 17.2 Å². The molecule has 0 aliphatic heterocycles. The van der Waals surface area contributed by atoms with Crippen LogP contribution in [-0.2, 0) is 17.8 Å². The van der Waals surface area contributed by atoms with E-state index >= 15 is 0 Å². The molecule has 1 rings (SSSR count). The minimum atomic E-state index is -0.717. The minimum Gasteiger partial charge on any atom is -0.504 e. The number of hydrogen-bond acceptors (Lipinski definition) is 5. The molecule has 25 heavy (non-hydrogen) atoms. The van der Waals surface area contributed by atoms with Crippen LogP contribution in [0.25, 0.3) is 0 Å². The van der Waals surface area contributed by atoms with E-state index in [-0.39, 0.29) is 12.2 Å². The molecular weight excluding hydrogens is 322 g/mol. The Morgan fingerprint density at radius 1 is 1.04 bits per heavy atom. The van der Waals surface area contributed by atoms with Crippen LogP contribution < -0.4 is 15.2 Å². The lowest BCUT2D eigenvalue weighted by Gasteiger charge is -2.16. The highest BCUT2D eigenvalue weighted by Gasteiger charge is 2.18. The minimum absolute atomic E-state index is 0.121. The number of aliphatic carboxylic acids is 1. The maximum Gasteiger partial charge on any atom is 0.303 e. The van der Waals surface area contributed by atoms with Crippen molar-refractivity contribution in [1.29, 1.82) is 0 Å². The molecule has 0 aliphatic carbocycles. The summed E-state index contributed by atoms with van der Waals surface area (Å²) in [6, 6.07) is 1.83. The predicted molar refractivity (Wildman–Crippen MR) is 97.4 cm³/mol. The van der Waals surface area contributed by atoms with Crippen molar-refractivity contribution in [1.82, 2.24) is 0 Å². The summed E-state index contributed by atoms with van der Waals surface area (Å²) in [7, 11) is 3.04. The van der Waals surface area contributed by atoms with Gasteiger partial charge in [0.2, 0.25) is 5.75 Å². The second-order valence-corrected chi connectivity index (χ2v) is 6.17. The molecule has 6 heteroatoms. The third kappa shape index (κ3) is 6.82. The van der Waals surface area contributed by atoms with Gasteiger partial charge in [0.25, 0.3) is 0 Å². The van der Waals surface area contributed by atoms with E-state index in [1.807, 2.05) is 6.07 Å². The lowest BCUT2D eigenvalue weighted by atomic mass is 9.98. The van der Waals surface area contributed by atoms with Crippen molar-refractivity contribution >= 4 is 5.97 Å². The Labute approximate surface area is 149 Å². The van der Waals surface area contributed by atoms with Gasteiger partial charge in [0.1, 0.15) is 0 Å². The average molecular weight is 353 g/mol. The normalized spacial score (nSPS) is 10.7. The van der Waals surface area contributed by atoms with Crippen LogP contribution in [0.2, 0.25) is 0 Å². The van der Waals surface area contributed by atoms with Gasteiger partial charge in [-0.15, -0.1) is 0 Å². The smallest absolute Gasteiger partial charge is 0.303 e. The van der Waals surface area contributed by atoms with Crippen molar-refractivity contribution in [2.75, 3.05) is 14.2 Å². The number of phenols is 1. The van der Waals surface area contributed by atoms with Crippen LogP contribution in [0.3, 0.4) is 0 Å². The van der Waals surface area contributed by atoms with Gasteiger partial charge in [-0.1, -0.05) is 32.1 Å². The molecule has 0 spiro atoms. The molecule has 1 aromatic rings. The summed E-state index contributed by atoms with van der Waals surface area (Å²) in [5.74, 6) is 0.250. The summed E-state index contributed by atoms with van der Waals surface area (Å²) >= 11 is 0. The number of benzene rings is 1. The zero-order valence-corrected chi connectivity index (χ0v) is 15.3. The Bertz CT molecular complexity index is 545. The zero-order valence-electron chi connectivity index (χ0n) is 15.3. The molecule has 0 unspecified atom stereocenters. The fraction of sp³-hybridized carbons (Fsp3) is 0.632. The number of ether oxygens (including phenoxy) is 2. The largest absolute Gasteiger partial charge is 0.504 e. The van der Waals surface area contributed by atoms with Gasteiger partial charge in [-0.3, -0.25) is 4.79 Å². The lowest BCUT2D eigenvalue weighted by molar-refractivity contribution is -0.137. The summed E-state index contributed by atoms with van der Waals surface area (Å²) in [5.41, 5.74) is 7.52. The Morgan fingerprint density at radius 2 is 1.64 bits per heavy atom. The summed E-state index contributed by atoms with van der Waals surface area (Å²) < 4.78 is 10.5. The van der Waals surface area contributed by atoms with Crippen molar-refractivity contribution in [2.45, 2.75) is 64.3 Å². The molecule has 0 bridgehead atoms. The second kappa shape index (κ2) is 11.6. The average Bonchev–Trinajstić information content (AvgIpc) is 2.60. The number of carboxylic acids is 1. The molecule has 0 radical (unpaired) electrons. The number of methoxy groups -OCH3 is 2. The number of hydrogen-bond donors (Lipinski definition) is 3. The first-order valence-corrected chi connectivity index (χ1v) is 8.92. The SMILES string of the molecule is COc1cc(CN)c(CCCCCCCCCC(=O)O)c(O)c1OC. The highest BCUT2D eigenvalue weighted by atomic mass is 16.5. The van der Waals surface area contributed by atoms with Crippen LogP contribution in [0.5, 0.6) is 17.2 Å². The maximum absolute atomic E-state index is 10.4.